The zero-order valence-corrected chi connectivity index (χ0v) is 20.6. The van der Waals surface area contributed by atoms with Crippen molar-refractivity contribution < 1.29 is 14.7 Å². The van der Waals surface area contributed by atoms with Gasteiger partial charge in [-0.25, -0.2) is 4.79 Å². The summed E-state index contributed by atoms with van der Waals surface area (Å²) in [6, 6.07) is 7.23. The summed E-state index contributed by atoms with van der Waals surface area (Å²) in [5.74, 6) is 0.777. The van der Waals surface area contributed by atoms with Crippen molar-refractivity contribution in [1.82, 2.24) is 15.5 Å². The summed E-state index contributed by atoms with van der Waals surface area (Å²) in [6.07, 6.45) is 3.95. The maximum Gasteiger partial charge on any atom is 0.326 e. The molecule has 3 atom stereocenters. The van der Waals surface area contributed by atoms with E-state index in [1.807, 2.05) is 18.4 Å². The van der Waals surface area contributed by atoms with Crippen LogP contribution in [-0.2, 0) is 22.6 Å². The Hall–Kier alpha value is -1.22. The van der Waals surface area contributed by atoms with Gasteiger partial charge in [-0.1, -0.05) is 38.1 Å². The monoisotopic (exact) mass is 467 g/mol. The molecule has 1 aromatic rings. The third kappa shape index (κ3) is 8.00. The Balaban J connectivity index is 2.19. The van der Waals surface area contributed by atoms with Gasteiger partial charge in [0.15, 0.2) is 0 Å². The van der Waals surface area contributed by atoms with Gasteiger partial charge in [0.1, 0.15) is 6.04 Å². The van der Waals surface area contributed by atoms with Crippen molar-refractivity contribution in [3.8, 4) is 0 Å². The van der Waals surface area contributed by atoms with Crippen molar-refractivity contribution >= 4 is 36.3 Å². The highest BCUT2D eigenvalue weighted by Gasteiger charge is 2.35. The van der Waals surface area contributed by atoms with Gasteiger partial charge in [0.05, 0.1) is 6.04 Å². The number of rotatable bonds is 13. The van der Waals surface area contributed by atoms with Crippen molar-refractivity contribution in [2.45, 2.75) is 57.8 Å². The number of benzene rings is 1. The van der Waals surface area contributed by atoms with Crippen LogP contribution in [0.25, 0.3) is 0 Å². The van der Waals surface area contributed by atoms with E-state index < -0.39 is 12.0 Å². The molecule has 0 saturated carbocycles. The number of carbonyl (C=O) groups is 2. The van der Waals surface area contributed by atoms with E-state index in [-0.39, 0.29) is 18.0 Å². The van der Waals surface area contributed by atoms with Gasteiger partial charge >= 0.3 is 5.97 Å². The number of amides is 1. The van der Waals surface area contributed by atoms with Gasteiger partial charge in [-0.2, -0.15) is 24.4 Å². The van der Waals surface area contributed by atoms with Crippen molar-refractivity contribution in [1.29, 1.82) is 0 Å². The highest BCUT2D eigenvalue weighted by Crippen LogP contribution is 2.24. The summed E-state index contributed by atoms with van der Waals surface area (Å²) in [4.78, 5) is 27.1. The minimum absolute atomic E-state index is 0.194. The third-order valence-corrected chi connectivity index (χ3v) is 6.81. The predicted octanol–water partition coefficient (Wildman–Crippen LogP) is 2.67. The molecular formula is C23H37N3O3S2. The van der Waals surface area contributed by atoms with E-state index >= 15 is 0 Å². The number of hydrogen-bond donors (Lipinski definition) is 4. The fourth-order valence-corrected chi connectivity index (χ4v) is 4.55. The summed E-state index contributed by atoms with van der Waals surface area (Å²) in [5.41, 5.74) is 2.40. The third-order valence-electron chi connectivity index (χ3n) is 5.85. The number of nitrogens with one attached hydrogen (secondary N) is 2. The van der Waals surface area contributed by atoms with Crippen LogP contribution in [0.2, 0.25) is 0 Å². The smallest absolute Gasteiger partial charge is 0.326 e. The highest BCUT2D eigenvalue weighted by atomic mass is 32.2. The van der Waals surface area contributed by atoms with Gasteiger partial charge in [0, 0.05) is 19.1 Å². The molecule has 1 aromatic carbocycles. The van der Waals surface area contributed by atoms with E-state index in [1.165, 1.54) is 11.1 Å². The zero-order valence-electron chi connectivity index (χ0n) is 18.8. The molecule has 0 aromatic heterocycles. The van der Waals surface area contributed by atoms with Gasteiger partial charge < -0.3 is 15.7 Å². The fraction of sp³-hybridized carbons (Fsp3) is 0.652. The van der Waals surface area contributed by atoms with Gasteiger partial charge in [0.25, 0.3) is 0 Å². The molecular weight excluding hydrogens is 430 g/mol. The molecule has 1 heterocycles. The molecule has 1 unspecified atom stereocenters. The first-order chi connectivity index (χ1) is 14.9. The summed E-state index contributed by atoms with van der Waals surface area (Å²) < 4.78 is 0. The van der Waals surface area contributed by atoms with E-state index in [9.17, 15) is 14.7 Å². The van der Waals surface area contributed by atoms with Gasteiger partial charge in [-0.15, -0.1) is 0 Å². The van der Waals surface area contributed by atoms with Crippen LogP contribution in [-0.4, -0.2) is 70.9 Å². The molecule has 0 bridgehead atoms. The minimum Gasteiger partial charge on any atom is -0.480 e. The lowest BCUT2D eigenvalue weighted by molar-refractivity contribution is -0.143. The molecule has 6 nitrogen and oxygen atoms in total. The molecule has 31 heavy (non-hydrogen) atoms. The lowest BCUT2D eigenvalue weighted by Crippen LogP contribution is -2.57. The topological polar surface area (TPSA) is 81.7 Å². The fourth-order valence-electron chi connectivity index (χ4n) is 3.92. The summed E-state index contributed by atoms with van der Waals surface area (Å²) in [5, 5.41) is 16.0. The Morgan fingerprint density at radius 1 is 1.29 bits per heavy atom. The molecule has 1 amide bonds. The molecule has 2 rings (SSSR count). The number of hydrogen-bond acceptors (Lipinski definition) is 6. The van der Waals surface area contributed by atoms with E-state index in [1.54, 1.807) is 11.8 Å². The lowest BCUT2D eigenvalue weighted by atomic mass is 9.91. The average molecular weight is 468 g/mol. The second-order valence-corrected chi connectivity index (χ2v) is 9.91. The quantitative estimate of drug-likeness (QED) is 0.264. The van der Waals surface area contributed by atoms with Crippen molar-refractivity contribution in [3.63, 3.8) is 0 Å². The van der Waals surface area contributed by atoms with Gasteiger partial charge in [0.2, 0.25) is 5.91 Å². The molecule has 0 saturated heterocycles. The molecule has 3 N–H and O–H groups in total. The Bertz CT molecular complexity index is 717. The van der Waals surface area contributed by atoms with Crippen molar-refractivity contribution in [2.75, 3.05) is 30.9 Å². The average Bonchev–Trinajstić information content (AvgIpc) is 2.75. The first-order valence-corrected chi connectivity index (χ1v) is 13.1. The summed E-state index contributed by atoms with van der Waals surface area (Å²) >= 11 is 5.88. The van der Waals surface area contributed by atoms with E-state index in [0.717, 1.165) is 25.3 Å². The first-order valence-electron chi connectivity index (χ1n) is 11.0. The SMILES string of the molecule is CSCC[C@@H](NC(=O)[C@H]1Cc2ccccc2CN1CC(NCCCS)C(C)C)C(=O)O. The number of carboxylic acid groups (broad SMARTS) is 1. The molecule has 0 fully saturated rings. The summed E-state index contributed by atoms with van der Waals surface area (Å²) in [6.45, 7) is 6.69. The van der Waals surface area contributed by atoms with Crippen molar-refractivity contribution in [3.05, 3.63) is 35.4 Å². The van der Waals surface area contributed by atoms with Crippen LogP contribution in [0.3, 0.4) is 0 Å². The molecule has 8 heteroatoms. The number of carboxylic acids is 1. The largest absolute Gasteiger partial charge is 0.480 e. The van der Waals surface area contributed by atoms with Crippen LogP contribution < -0.4 is 10.6 Å². The van der Waals surface area contributed by atoms with Crippen molar-refractivity contribution in [2.24, 2.45) is 5.92 Å². The van der Waals surface area contributed by atoms with Crippen LogP contribution >= 0.6 is 24.4 Å². The number of aliphatic carboxylic acids is 1. The standard InChI is InChI=1S/C23H37N3O3S2/c1-16(2)20(24-10-6-11-30)15-26-14-18-8-5-4-7-17(18)13-21(26)22(27)25-19(23(28)29)9-12-31-3/h4-5,7-8,16,19-21,24,30H,6,9-15H2,1-3H3,(H,25,27)(H,28,29)/t19-,20?,21-/m1/s1. The van der Waals surface area contributed by atoms with E-state index in [2.05, 4.69) is 54.1 Å². The Labute approximate surface area is 196 Å². The number of nitrogens with zero attached hydrogens (tertiary/aromatic N) is 1. The second kappa shape index (κ2) is 13.4. The van der Waals surface area contributed by atoms with E-state index in [4.69, 9.17) is 0 Å². The minimum atomic E-state index is -0.973. The van der Waals surface area contributed by atoms with Gasteiger partial charge in [-0.05, 0) is 60.6 Å². The molecule has 0 spiro atoms. The number of carbonyl (C=O) groups excluding carboxylic acids is 1. The predicted molar refractivity (Wildman–Crippen MR) is 132 cm³/mol. The molecule has 174 valence electrons. The van der Waals surface area contributed by atoms with E-state index in [0.29, 0.717) is 31.1 Å². The molecule has 1 aliphatic rings. The highest BCUT2D eigenvalue weighted by molar-refractivity contribution is 7.98. The van der Waals surface area contributed by atoms with Gasteiger partial charge in [-0.3, -0.25) is 9.69 Å². The maximum absolute atomic E-state index is 13.3. The second-order valence-electron chi connectivity index (χ2n) is 8.48. The lowest BCUT2D eigenvalue weighted by Gasteiger charge is -2.39. The first kappa shape index (κ1) is 26.0. The number of thioether (sulfide) groups is 1. The van der Waals surface area contributed by atoms with Crippen LogP contribution in [0.4, 0.5) is 0 Å². The van der Waals surface area contributed by atoms with Crippen LogP contribution in [0.15, 0.2) is 24.3 Å². The maximum atomic E-state index is 13.3. The Kier molecular flexibility index (Phi) is 11.2. The molecule has 1 aliphatic heterocycles. The molecule has 0 aliphatic carbocycles. The summed E-state index contributed by atoms with van der Waals surface area (Å²) in [7, 11) is 0. The molecule has 0 radical (unpaired) electrons. The normalized spacial score (nSPS) is 18.4. The Morgan fingerprint density at radius 3 is 2.61 bits per heavy atom. The number of fused-ring (bicyclic) bond motifs is 1. The zero-order chi connectivity index (χ0) is 22.8. The Morgan fingerprint density at radius 2 is 2.00 bits per heavy atom. The van der Waals surface area contributed by atoms with Crippen LogP contribution in [0, 0.1) is 5.92 Å². The van der Waals surface area contributed by atoms with Crippen LogP contribution in [0.5, 0.6) is 0 Å². The van der Waals surface area contributed by atoms with Crippen LogP contribution in [0.1, 0.15) is 37.8 Å². The number of thiol groups is 1.